The van der Waals surface area contributed by atoms with E-state index in [4.69, 9.17) is 5.73 Å². The Morgan fingerprint density at radius 3 is 3.00 bits per heavy atom. The molecule has 6 nitrogen and oxygen atoms in total. The predicted octanol–water partition coefficient (Wildman–Crippen LogP) is -0.472. The first kappa shape index (κ1) is 8.76. The summed E-state index contributed by atoms with van der Waals surface area (Å²) < 4.78 is 0. The largest absolute Gasteiger partial charge is 0.325 e. The van der Waals surface area contributed by atoms with Gasteiger partial charge in [0, 0.05) is 18.8 Å². The standard InChI is InChI=1S/C8H9N5O/c9-4-6-3-8(14)13(12-6)7-1-2-10-5-11-7/h1-2,5H,3-4,9H2. The molecule has 14 heavy (non-hydrogen) atoms. The molecule has 0 radical (unpaired) electrons. The number of hydrogen-bond acceptors (Lipinski definition) is 5. The Bertz CT molecular complexity index is 375. The number of carbonyl (C=O) groups is 1. The highest BCUT2D eigenvalue weighted by Gasteiger charge is 2.24. The van der Waals surface area contributed by atoms with Crippen LogP contribution in [0.5, 0.6) is 0 Å². The highest BCUT2D eigenvalue weighted by molar-refractivity contribution is 6.13. The highest BCUT2D eigenvalue weighted by atomic mass is 16.2. The molecule has 2 heterocycles. The molecule has 0 saturated carbocycles. The van der Waals surface area contributed by atoms with Crippen molar-refractivity contribution in [2.45, 2.75) is 6.42 Å². The van der Waals surface area contributed by atoms with E-state index in [-0.39, 0.29) is 12.3 Å². The molecule has 1 aliphatic rings. The SMILES string of the molecule is NCC1=NN(c2ccncn2)C(=O)C1. The number of anilines is 1. The van der Waals surface area contributed by atoms with Crippen LogP contribution in [0.1, 0.15) is 6.42 Å². The summed E-state index contributed by atoms with van der Waals surface area (Å²) in [5, 5.41) is 5.30. The van der Waals surface area contributed by atoms with Crippen LogP contribution in [0, 0.1) is 0 Å². The second kappa shape index (κ2) is 3.51. The molecule has 2 N–H and O–H groups in total. The highest BCUT2D eigenvalue weighted by Crippen LogP contribution is 2.15. The van der Waals surface area contributed by atoms with Crippen LogP contribution >= 0.6 is 0 Å². The van der Waals surface area contributed by atoms with Crippen molar-refractivity contribution in [3.05, 3.63) is 18.6 Å². The monoisotopic (exact) mass is 191 g/mol. The normalized spacial score (nSPS) is 15.9. The van der Waals surface area contributed by atoms with E-state index < -0.39 is 0 Å². The van der Waals surface area contributed by atoms with Gasteiger partial charge in [0.05, 0.1) is 12.1 Å². The van der Waals surface area contributed by atoms with Gasteiger partial charge < -0.3 is 5.73 Å². The number of amides is 1. The summed E-state index contributed by atoms with van der Waals surface area (Å²) >= 11 is 0. The van der Waals surface area contributed by atoms with Crippen LogP contribution in [0.3, 0.4) is 0 Å². The Balaban J connectivity index is 2.28. The van der Waals surface area contributed by atoms with Gasteiger partial charge in [-0.3, -0.25) is 4.79 Å². The maximum atomic E-state index is 11.4. The molecule has 0 unspecified atom stereocenters. The summed E-state index contributed by atoms with van der Waals surface area (Å²) in [6.45, 7) is 0.299. The first-order valence-electron chi connectivity index (χ1n) is 4.16. The molecule has 0 spiro atoms. The molecule has 0 aliphatic carbocycles. The average molecular weight is 191 g/mol. The molecule has 2 rings (SSSR count). The van der Waals surface area contributed by atoms with Crippen LogP contribution in [0.4, 0.5) is 5.82 Å². The molecule has 1 aromatic heterocycles. The van der Waals surface area contributed by atoms with Crippen molar-refractivity contribution in [3.63, 3.8) is 0 Å². The summed E-state index contributed by atoms with van der Waals surface area (Å²) in [5.41, 5.74) is 6.07. The summed E-state index contributed by atoms with van der Waals surface area (Å²) in [6.07, 6.45) is 3.21. The van der Waals surface area contributed by atoms with Gasteiger partial charge in [-0.2, -0.15) is 10.1 Å². The van der Waals surface area contributed by atoms with E-state index >= 15 is 0 Å². The lowest BCUT2D eigenvalue weighted by atomic mass is 10.3. The molecule has 0 fully saturated rings. The lowest BCUT2D eigenvalue weighted by molar-refractivity contribution is -0.116. The number of nitrogens with zero attached hydrogens (tertiary/aromatic N) is 4. The minimum absolute atomic E-state index is 0.107. The van der Waals surface area contributed by atoms with Gasteiger partial charge in [0.1, 0.15) is 6.33 Å². The van der Waals surface area contributed by atoms with E-state index in [2.05, 4.69) is 15.1 Å². The Morgan fingerprint density at radius 1 is 1.57 bits per heavy atom. The predicted molar refractivity (Wildman–Crippen MR) is 50.6 cm³/mol. The smallest absolute Gasteiger partial charge is 0.254 e. The van der Waals surface area contributed by atoms with Crippen LogP contribution in [0.15, 0.2) is 23.7 Å². The van der Waals surface area contributed by atoms with Crippen LogP contribution in [-0.2, 0) is 4.79 Å². The molecule has 1 aromatic rings. The van der Waals surface area contributed by atoms with Crippen molar-refractivity contribution in [3.8, 4) is 0 Å². The lowest BCUT2D eigenvalue weighted by Crippen LogP contribution is -2.20. The second-order valence-electron chi connectivity index (χ2n) is 2.82. The number of hydrogen-bond donors (Lipinski definition) is 1. The molecular weight excluding hydrogens is 182 g/mol. The van der Waals surface area contributed by atoms with Crippen molar-refractivity contribution in [2.75, 3.05) is 11.6 Å². The van der Waals surface area contributed by atoms with Crippen molar-refractivity contribution in [1.29, 1.82) is 0 Å². The minimum atomic E-state index is -0.107. The van der Waals surface area contributed by atoms with Crippen LogP contribution in [0.2, 0.25) is 0 Å². The fourth-order valence-electron chi connectivity index (χ4n) is 1.18. The first-order valence-corrected chi connectivity index (χ1v) is 4.16. The van der Waals surface area contributed by atoms with Gasteiger partial charge in [0.2, 0.25) is 0 Å². The van der Waals surface area contributed by atoms with Gasteiger partial charge in [-0.1, -0.05) is 0 Å². The molecule has 0 saturated heterocycles. The fraction of sp³-hybridized carbons (Fsp3) is 0.250. The molecular formula is C8H9N5O. The first-order chi connectivity index (χ1) is 6.81. The number of hydrazone groups is 1. The summed E-state index contributed by atoms with van der Waals surface area (Å²) in [5.74, 6) is 0.373. The maximum Gasteiger partial charge on any atom is 0.254 e. The van der Waals surface area contributed by atoms with Gasteiger partial charge in [-0.15, -0.1) is 0 Å². The van der Waals surface area contributed by atoms with E-state index in [1.54, 1.807) is 12.3 Å². The van der Waals surface area contributed by atoms with Crippen LogP contribution < -0.4 is 10.7 Å². The maximum absolute atomic E-state index is 11.4. The third-order valence-corrected chi connectivity index (χ3v) is 1.85. The zero-order valence-electron chi connectivity index (χ0n) is 7.42. The minimum Gasteiger partial charge on any atom is -0.325 e. The van der Waals surface area contributed by atoms with Gasteiger partial charge in [-0.25, -0.2) is 9.97 Å². The third-order valence-electron chi connectivity index (χ3n) is 1.85. The van der Waals surface area contributed by atoms with E-state index in [0.29, 0.717) is 18.1 Å². The number of rotatable bonds is 2. The van der Waals surface area contributed by atoms with E-state index in [1.165, 1.54) is 11.3 Å². The van der Waals surface area contributed by atoms with Gasteiger partial charge in [0.15, 0.2) is 5.82 Å². The van der Waals surface area contributed by atoms with Crippen molar-refractivity contribution >= 4 is 17.4 Å². The zero-order valence-corrected chi connectivity index (χ0v) is 7.42. The molecule has 0 bridgehead atoms. The lowest BCUT2D eigenvalue weighted by Gasteiger charge is -2.08. The van der Waals surface area contributed by atoms with Crippen molar-refractivity contribution in [2.24, 2.45) is 10.8 Å². The fourth-order valence-corrected chi connectivity index (χ4v) is 1.18. The zero-order chi connectivity index (χ0) is 9.97. The number of carbonyl (C=O) groups excluding carboxylic acids is 1. The molecule has 1 amide bonds. The molecule has 72 valence electrons. The molecule has 0 aromatic carbocycles. The van der Waals surface area contributed by atoms with E-state index in [0.717, 1.165) is 0 Å². The third kappa shape index (κ3) is 1.47. The van der Waals surface area contributed by atoms with Gasteiger partial charge in [-0.05, 0) is 0 Å². The Kier molecular flexibility index (Phi) is 2.19. The topological polar surface area (TPSA) is 84.5 Å². The van der Waals surface area contributed by atoms with Gasteiger partial charge >= 0.3 is 0 Å². The quantitative estimate of drug-likeness (QED) is 0.684. The van der Waals surface area contributed by atoms with E-state index in [1.807, 2.05) is 0 Å². The Labute approximate surface area is 80.5 Å². The number of nitrogens with two attached hydrogens (primary N) is 1. The van der Waals surface area contributed by atoms with E-state index in [9.17, 15) is 4.79 Å². The number of aromatic nitrogens is 2. The Hall–Kier alpha value is -1.82. The van der Waals surface area contributed by atoms with Gasteiger partial charge in [0.25, 0.3) is 5.91 Å². The second-order valence-corrected chi connectivity index (χ2v) is 2.82. The van der Waals surface area contributed by atoms with Crippen LogP contribution in [0.25, 0.3) is 0 Å². The van der Waals surface area contributed by atoms with Crippen LogP contribution in [-0.4, -0.2) is 28.1 Å². The summed E-state index contributed by atoms with van der Waals surface area (Å²) in [7, 11) is 0. The molecule has 1 aliphatic heterocycles. The average Bonchev–Trinajstić information content (AvgIpc) is 2.61. The summed E-state index contributed by atoms with van der Waals surface area (Å²) in [6, 6.07) is 1.63. The molecule has 6 heteroatoms. The summed E-state index contributed by atoms with van der Waals surface area (Å²) in [4.78, 5) is 19.1. The molecule has 0 atom stereocenters. The van der Waals surface area contributed by atoms with Crippen molar-refractivity contribution < 1.29 is 4.79 Å². The Morgan fingerprint density at radius 2 is 2.43 bits per heavy atom. The van der Waals surface area contributed by atoms with Crippen molar-refractivity contribution in [1.82, 2.24) is 9.97 Å².